The predicted molar refractivity (Wildman–Crippen MR) is 83.9 cm³/mol. The summed E-state index contributed by atoms with van der Waals surface area (Å²) in [5.74, 6) is 0.909. The molecule has 2 N–H and O–H groups in total. The first kappa shape index (κ1) is 15.3. The lowest BCUT2D eigenvalue weighted by Crippen LogP contribution is -2.50. The van der Waals surface area contributed by atoms with Gasteiger partial charge in [-0.1, -0.05) is 26.0 Å². The minimum Gasteiger partial charge on any atom is -0.497 e. The third kappa shape index (κ3) is 3.15. The fourth-order valence-corrected chi connectivity index (χ4v) is 3.47. The van der Waals surface area contributed by atoms with Crippen molar-refractivity contribution < 1.29 is 4.74 Å². The van der Waals surface area contributed by atoms with Crippen LogP contribution in [0.3, 0.4) is 0 Å². The maximum atomic E-state index is 6.13. The second kappa shape index (κ2) is 5.74. The van der Waals surface area contributed by atoms with E-state index < -0.39 is 0 Å². The summed E-state index contributed by atoms with van der Waals surface area (Å²) >= 11 is 0. The smallest absolute Gasteiger partial charge is 0.118 e. The van der Waals surface area contributed by atoms with Crippen LogP contribution in [0.4, 0.5) is 0 Å². The Balaban J connectivity index is 2.07. The van der Waals surface area contributed by atoms with Gasteiger partial charge in [-0.3, -0.25) is 4.90 Å². The minimum atomic E-state index is 0.156. The number of methoxy groups -OCH3 is 1. The van der Waals surface area contributed by atoms with Crippen LogP contribution in [0.1, 0.15) is 38.7 Å². The first-order chi connectivity index (χ1) is 9.41. The van der Waals surface area contributed by atoms with Gasteiger partial charge in [0.15, 0.2) is 0 Å². The first-order valence-corrected chi connectivity index (χ1v) is 7.45. The molecule has 1 aromatic carbocycles. The fourth-order valence-electron chi connectivity index (χ4n) is 3.47. The van der Waals surface area contributed by atoms with Crippen LogP contribution in [0.5, 0.6) is 5.75 Å². The van der Waals surface area contributed by atoms with Gasteiger partial charge in [-0.25, -0.2) is 0 Å². The Morgan fingerprint density at radius 2 is 1.85 bits per heavy atom. The molecule has 0 aliphatic heterocycles. The first-order valence-electron chi connectivity index (χ1n) is 7.45. The Labute approximate surface area is 123 Å². The van der Waals surface area contributed by atoms with Gasteiger partial charge in [-0.05, 0) is 49.4 Å². The number of rotatable bonds is 5. The highest BCUT2D eigenvalue weighted by Gasteiger charge is 2.44. The molecule has 0 saturated heterocycles. The Hall–Kier alpha value is -1.06. The maximum absolute atomic E-state index is 6.13. The summed E-state index contributed by atoms with van der Waals surface area (Å²) in [6.07, 6.45) is 3.64. The standard InChI is InChI=1S/C17H28N2O/c1-16(2)9-10-17(12-16,13-18)19(3)11-14-5-7-15(20-4)8-6-14/h5-8H,9-13,18H2,1-4H3. The molecule has 1 fully saturated rings. The zero-order valence-electron chi connectivity index (χ0n) is 13.3. The normalized spacial score (nSPS) is 25.1. The van der Waals surface area contributed by atoms with Crippen molar-refractivity contribution >= 4 is 0 Å². The van der Waals surface area contributed by atoms with E-state index in [0.717, 1.165) is 18.8 Å². The highest BCUT2D eigenvalue weighted by Crippen LogP contribution is 2.46. The maximum Gasteiger partial charge on any atom is 0.118 e. The zero-order valence-corrected chi connectivity index (χ0v) is 13.3. The van der Waals surface area contributed by atoms with E-state index in [2.05, 4.69) is 37.9 Å². The Morgan fingerprint density at radius 3 is 2.30 bits per heavy atom. The van der Waals surface area contributed by atoms with E-state index in [1.807, 2.05) is 12.1 Å². The van der Waals surface area contributed by atoms with Crippen molar-refractivity contribution in [3.05, 3.63) is 29.8 Å². The monoisotopic (exact) mass is 276 g/mol. The number of benzene rings is 1. The van der Waals surface area contributed by atoms with E-state index in [-0.39, 0.29) is 5.54 Å². The van der Waals surface area contributed by atoms with E-state index in [0.29, 0.717) is 5.41 Å². The number of nitrogens with two attached hydrogens (primary N) is 1. The highest BCUT2D eigenvalue weighted by molar-refractivity contribution is 5.27. The van der Waals surface area contributed by atoms with Crippen LogP contribution in [0.15, 0.2) is 24.3 Å². The average Bonchev–Trinajstić information content (AvgIpc) is 2.76. The molecule has 0 amide bonds. The van der Waals surface area contributed by atoms with Gasteiger partial charge in [0.2, 0.25) is 0 Å². The molecule has 1 aliphatic rings. The molecule has 1 saturated carbocycles. The van der Waals surface area contributed by atoms with Gasteiger partial charge in [-0.15, -0.1) is 0 Å². The quantitative estimate of drug-likeness (QED) is 0.898. The van der Waals surface area contributed by atoms with Crippen molar-refractivity contribution in [3.63, 3.8) is 0 Å². The van der Waals surface area contributed by atoms with Crippen molar-refractivity contribution in [2.45, 2.75) is 45.2 Å². The lowest BCUT2D eigenvalue weighted by Gasteiger charge is -2.39. The molecule has 0 heterocycles. The summed E-state index contributed by atoms with van der Waals surface area (Å²) in [5, 5.41) is 0. The topological polar surface area (TPSA) is 38.5 Å². The summed E-state index contributed by atoms with van der Waals surface area (Å²) in [6.45, 7) is 6.39. The van der Waals surface area contributed by atoms with Crippen molar-refractivity contribution in [2.24, 2.45) is 11.1 Å². The highest BCUT2D eigenvalue weighted by atomic mass is 16.5. The molecule has 112 valence electrons. The van der Waals surface area contributed by atoms with Crippen LogP contribution in [0.25, 0.3) is 0 Å². The third-order valence-corrected chi connectivity index (χ3v) is 4.84. The molecule has 0 radical (unpaired) electrons. The van der Waals surface area contributed by atoms with Crippen LogP contribution in [0.2, 0.25) is 0 Å². The lowest BCUT2D eigenvalue weighted by atomic mass is 9.86. The number of nitrogens with zero attached hydrogens (tertiary/aromatic N) is 1. The van der Waals surface area contributed by atoms with Gasteiger partial charge in [0, 0.05) is 18.6 Å². The Bertz CT molecular complexity index is 441. The molecule has 1 atom stereocenters. The minimum absolute atomic E-state index is 0.156. The van der Waals surface area contributed by atoms with Gasteiger partial charge in [0.1, 0.15) is 5.75 Å². The molecule has 20 heavy (non-hydrogen) atoms. The average molecular weight is 276 g/mol. The molecule has 1 aromatic rings. The summed E-state index contributed by atoms with van der Waals surface area (Å²) in [6, 6.07) is 8.33. The van der Waals surface area contributed by atoms with Crippen LogP contribution in [0, 0.1) is 5.41 Å². The predicted octanol–water partition coefficient (Wildman–Crippen LogP) is 3.03. The van der Waals surface area contributed by atoms with Gasteiger partial charge < -0.3 is 10.5 Å². The molecule has 1 unspecified atom stereocenters. The van der Waals surface area contributed by atoms with Gasteiger partial charge in [-0.2, -0.15) is 0 Å². The Morgan fingerprint density at radius 1 is 1.20 bits per heavy atom. The van der Waals surface area contributed by atoms with E-state index in [1.165, 1.54) is 24.8 Å². The second-order valence-electron chi connectivity index (χ2n) is 6.97. The molecule has 1 aliphatic carbocycles. The lowest BCUT2D eigenvalue weighted by molar-refractivity contribution is 0.111. The van der Waals surface area contributed by atoms with Crippen molar-refractivity contribution in [2.75, 3.05) is 20.7 Å². The van der Waals surface area contributed by atoms with E-state index in [4.69, 9.17) is 10.5 Å². The number of hydrogen-bond donors (Lipinski definition) is 1. The Kier molecular flexibility index (Phi) is 4.40. The fraction of sp³-hybridized carbons (Fsp3) is 0.647. The van der Waals surface area contributed by atoms with Crippen molar-refractivity contribution in [1.82, 2.24) is 4.90 Å². The van der Waals surface area contributed by atoms with E-state index in [1.54, 1.807) is 7.11 Å². The zero-order chi connectivity index (χ0) is 14.8. The second-order valence-corrected chi connectivity index (χ2v) is 6.97. The molecular weight excluding hydrogens is 248 g/mol. The molecule has 0 aromatic heterocycles. The SMILES string of the molecule is COc1ccc(CN(C)C2(CN)CCC(C)(C)C2)cc1. The third-order valence-electron chi connectivity index (χ3n) is 4.84. The summed E-state index contributed by atoms with van der Waals surface area (Å²) < 4.78 is 5.21. The van der Waals surface area contributed by atoms with Gasteiger partial charge >= 0.3 is 0 Å². The van der Waals surface area contributed by atoms with Crippen molar-refractivity contribution in [3.8, 4) is 5.75 Å². The molecule has 0 bridgehead atoms. The van der Waals surface area contributed by atoms with Crippen LogP contribution in [-0.2, 0) is 6.54 Å². The molecule has 3 heteroatoms. The summed E-state index contributed by atoms with van der Waals surface area (Å²) in [5.41, 5.74) is 8.01. The molecule has 0 spiro atoms. The van der Waals surface area contributed by atoms with E-state index in [9.17, 15) is 0 Å². The molecule has 3 nitrogen and oxygen atoms in total. The largest absolute Gasteiger partial charge is 0.497 e. The summed E-state index contributed by atoms with van der Waals surface area (Å²) in [4.78, 5) is 2.45. The molecule has 2 rings (SSSR count). The van der Waals surface area contributed by atoms with Gasteiger partial charge in [0.05, 0.1) is 7.11 Å². The van der Waals surface area contributed by atoms with Crippen LogP contribution in [-0.4, -0.2) is 31.1 Å². The summed E-state index contributed by atoms with van der Waals surface area (Å²) in [7, 11) is 3.91. The number of hydrogen-bond acceptors (Lipinski definition) is 3. The van der Waals surface area contributed by atoms with Crippen LogP contribution >= 0.6 is 0 Å². The number of likely N-dealkylation sites (N-methyl/N-ethyl adjacent to an activating group) is 1. The van der Waals surface area contributed by atoms with E-state index >= 15 is 0 Å². The van der Waals surface area contributed by atoms with Crippen LogP contribution < -0.4 is 10.5 Å². The number of ether oxygens (including phenoxy) is 1. The van der Waals surface area contributed by atoms with Gasteiger partial charge in [0.25, 0.3) is 0 Å². The molecular formula is C17H28N2O. The van der Waals surface area contributed by atoms with Crippen molar-refractivity contribution in [1.29, 1.82) is 0 Å².